The zero-order valence-electron chi connectivity index (χ0n) is 23.5. The quantitative estimate of drug-likeness (QED) is 0.236. The van der Waals surface area contributed by atoms with Crippen molar-refractivity contribution in [2.75, 3.05) is 5.32 Å². The van der Waals surface area contributed by atoms with Crippen LogP contribution in [0.4, 0.5) is 16.3 Å². The Bertz CT molecular complexity index is 1680. The number of aryl methyl sites for hydroxylation is 1. The van der Waals surface area contributed by atoms with Crippen molar-refractivity contribution in [1.82, 2.24) is 19.9 Å². The molecule has 0 bridgehead atoms. The minimum Gasteiger partial charge on any atom is -0.447 e. The first kappa shape index (κ1) is 27.7. The molecule has 3 heterocycles. The summed E-state index contributed by atoms with van der Waals surface area (Å²) in [7, 11) is -3.47. The lowest BCUT2D eigenvalue weighted by Gasteiger charge is -2.28. The van der Waals surface area contributed by atoms with Gasteiger partial charge in [0.15, 0.2) is 15.7 Å². The maximum Gasteiger partial charge on any atom is 0.407 e. The lowest BCUT2D eigenvalue weighted by molar-refractivity contribution is 0.109. The van der Waals surface area contributed by atoms with E-state index in [1.165, 1.54) is 0 Å². The molecule has 2 N–H and O–H groups in total. The van der Waals surface area contributed by atoms with Crippen LogP contribution in [0.25, 0.3) is 16.0 Å². The van der Waals surface area contributed by atoms with E-state index in [4.69, 9.17) is 9.72 Å². The normalized spacial score (nSPS) is 19.4. The molecule has 1 amide bonds. The number of anilines is 2. The van der Waals surface area contributed by atoms with Crippen LogP contribution in [0.3, 0.4) is 0 Å². The van der Waals surface area contributed by atoms with Gasteiger partial charge in [0.05, 0.1) is 31.7 Å². The molecule has 9 nitrogen and oxygen atoms in total. The number of hydrogen-bond donors (Lipinski definition) is 2. The van der Waals surface area contributed by atoms with Gasteiger partial charge in [0.25, 0.3) is 0 Å². The number of amides is 1. The molecule has 1 aromatic carbocycles. The van der Waals surface area contributed by atoms with Crippen molar-refractivity contribution >= 4 is 44.3 Å². The molecule has 6 rings (SSSR count). The SMILES string of the molecule is Cc1ccn2nc(Nc3ccc(-c4cnc([C@H]5CC[C@H](NC(=O)OC(C)C)CC5)s4)c(S(=O)(=O)C4CC4)c3)cc2c1. The Hall–Kier alpha value is -3.44. The summed E-state index contributed by atoms with van der Waals surface area (Å²) in [6.07, 6.45) is 8.14. The fourth-order valence-electron chi connectivity index (χ4n) is 5.41. The van der Waals surface area contributed by atoms with E-state index in [9.17, 15) is 13.2 Å². The molecule has 3 aromatic heterocycles. The van der Waals surface area contributed by atoms with Gasteiger partial charge in [-0.25, -0.2) is 22.7 Å². The number of ether oxygens (including phenoxy) is 1. The first-order valence-electron chi connectivity index (χ1n) is 14.2. The molecule has 2 fully saturated rings. The van der Waals surface area contributed by atoms with Gasteiger partial charge in [-0.2, -0.15) is 5.10 Å². The lowest BCUT2D eigenvalue weighted by atomic mass is 9.86. The second kappa shape index (κ2) is 11.1. The van der Waals surface area contributed by atoms with E-state index in [2.05, 4.69) is 21.8 Å². The van der Waals surface area contributed by atoms with Gasteiger partial charge < -0.3 is 15.4 Å². The summed E-state index contributed by atoms with van der Waals surface area (Å²) in [5.41, 5.74) is 3.49. The second-order valence-electron chi connectivity index (χ2n) is 11.4. The number of aromatic nitrogens is 3. The molecular weight excluding hydrogens is 558 g/mol. The highest BCUT2D eigenvalue weighted by molar-refractivity contribution is 7.92. The van der Waals surface area contributed by atoms with Gasteiger partial charge in [-0.15, -0.1) is 11.3 Å². The predicted molar refractivity (Wildman–Crippen MR) is 161 cm³/mol. The topological polar surface area (TPSA) is 115 Å². The number of hydrogen-bond acceptors (Lipinski definition) is 8. The molecule has 0 unspecified atom stereocenters. The van der Waals surface area contributed by atoms with Crippen molar-refractivity contribution in [2.24, 2.45) is 0 Å². The van der Waals surface area contributed by atoms with Crippen molar-refractivity contribution in [2.45, 2.75) is 87.5 Å². The van der Waals surface area contributed by atoms with Crippen LogP contribution in [0.5, 0.6) is 0 Å². The Morgan fingerprint density at radius 1 is 1.07 bits per heavy atom. The summed E-state index contributed by atoms with van der Waals surface area (Å²) in [5.74, 6) is 0.941. The first-order valence-corrected chi connectivity index (χ1v) is 16.6. The molecule has 41 heavy (non-hydrogen) atoms. The number of rotatable bonds is 8. The predicted octanol–water partition coefficient (Wildman–Crippen LogP) is 6.61. The van der Waals surface area contributed by atoms with Crippen molar-refractivity contribution in [3.05, 3.63) is 59.4 Å². The van der Waals surface area contributed by atoms with Crippen LogP contribution in [-0.2, 0) is 14.6 Å². The second-order valence-corrected chi connectivity index (χ2v) is 14.7. The summed E-state index contributed by atoms with van der Waals surface area (Å²) < 4.78 is 34.1. The van der Waals surface area contributed by atoms with E-state index in [1.807, 2.05) is 57.4 Å². The summed E-state index contributed by atoms with van der Waals surface area (Å²) in [6.45, 7) is 5.71. The molecule has 11 heteroatoms. The van der Waals surface area contributed by atoms with Gasteiger partial charge in [0, 0.05) is 41.7 Å². The molecule has 2 aliphatic carbocycles. The number of thiazole rings is 1. The monoisotopic (exact) mass is 593 g/mol. The summed E-state index contributed by atoms with van der Waals surface area (Å²) in [5, 5.41) is 11.5. The maximum atomic E-state index is 13.6. The molecule has 2 aliphatic rings. The summed E-state index contributed by atoms with van der Waals surface area (Å²) in [6, 6.07) is 11.6. The zero-order valence-corrected chi connectivity index (χ0v) is 25.1. The van der Waals surface area contributed by atoms with Crippen molar-refractivity contribution in [1.29, 1.82) is 0 Å². The van der Waals surface area contributed by atoms with Crippen LogP contribution < -0.4 is 10.6 Å². The molecular formula is C30H35N5O4S2. The average molecular weight is 594 g/mol. The number of sulfone groups is 1. The molecule has 0 aliphatic heterocycles. The van der Waals surface area contributed by atoms with E-state index in [0.717, 1.165) is 46.6 Å². The minimum atomic E-state index is -3.47. The first-order chi connectivity index (χ1) is 19.7. The average Bonchev–Trinajstić information content (AvgIpc) is 3.56. The van der Waals surface area contributed by atoms with Crippen LogP contribution in [0.2, 0.25) is 0 Å². The fourth-order valence-corrected chi connectivity index (χ4v) is 8.49. The maximum absolute atomic E-state index is 13.6. The smallest absolute Gasteiger partial charge is 0.407 e. The van der Waals surface area contributed by atoms with Crippen LogP contribution in [-0.4, -0.2) is 46.5 Å². The lowest BCUT2D eigenvalue weighted by Crippen LogP contribution is -2.38. The van der Waals surface area contributed by atoms with Gasteiger partial charge in [-0.05, 0) is 89.1 Å². The number of pyridine rings is 1. The van der Waals surface area contributed by atoms with Crippen molar-refractivity contribution in [3.8, 4) is 10.4 Å². The largest absolute Gasteiger partial charge is 0.447 e. The Morgan fingerprint density at radius 3 is 2.59 bits per heavy atom. The number of carbonyl (C=O) groups excluding carboxylic acids is 1. The highest BCUT2D eigenvalue weighted by Gasteiger charge is 2.39. The zero-order chi connectivity index (χ0) is 28.7. The number of fused-ring (bicyclic) bond motifs is 1. The standard InChI is InChI=1S/C30H35N5O4S2/c1-18(2)39-30(36)33-21-6-4-20(5-7-21)29-31-17-26(40-29)25-11-8-22(15-27(25)41(37,38)24-9-10-24)32-28-16-23-14-19(3)12-13-35(23)34-28/h8,11-18,20-21,24H,4-7,9-10H2,1-3H3,(H,32,34)(H,33,36)/t20-,21-. The Morgan fingerprint density at radius 2 is 1.85 bits per heavy atom. The van der Waals surface area contributed by atoms with E-state index < -0.39 is 9.84 Å². The summed E-state index contributed by atoms with van der Waals surface area (Å²) >= 11 is 1.57. The highest BCUT2D eigenvalue weighted by Crippen LogP contribution is 2.43. The molecule has 0 spiro atoms. The highest BCUT2D eigenvalue weighted by atomic mass is 32.2. The van der Waals surface area contributed by atoms with Gasteiger partial charge in [0.2, 0.25) is 0 Å². The van der Waals surface area contributed by atoms with E-state index in [1.54, 1.807) is 21.9 Å². The number of benzene rings is 1. The Balaban J connectivity index is 1.21. The van der Waals surface area contributed by atoms with E-state index in [-0.39, 0.29) is 29.4 Å². The van der Waals surface area contributed by atoms with Crippen LogP contribution in [0.15, 0.2) is 53.7 Å². The minimum absolute atomic E-state index is 0.101. The Labute approximate surface area is 244 Å². The molecule has 0 atom stereocenters. The van der Waals surface area contributed by atoms with Crippen molar-refractivity contribution < 1.29 is 17.9 Å². The number of nitrogens with one attached hydrogen (secondary N) is 2. The van der Waals surface area contributed by atoms with Gasteiger partial charge in [-0.1, -0.05) is 6.07 Å². The van der Waals surface area contributed by atoms with Gasteiger partial charge in [0.1, 0.15) is 0 Å². The number of carbonyl (C=O) groups is 1. The van der Waals surface area contributed by atoms with E-state index in [0.29, 0.717) is 34.8 Å². The summed E-state index contributed by atoms with van der Waals surface area (Å²) in [4.78, 5) is 17.9. The molecule has 0 saturated heterocycles. The van der Waals surface area contributed by atoms with Gasteiger partial charge in [-0.3, -0.25) is 0 Å². The molecule has 2 saturated carbocycles. The number of nitrogens with zero attached hydrogens (tertiary/aromatic N) is 3. The number of alkyl carbamates (subject to hydrolysis) is 1. The van der Waals surface area contributed by atoms with Crippen LogP contribution >= 0.6 is 11.3 Å². The Kier molecular flexibility index (Phi) is 7.50. The third kappa shape index (κ3) is 6.11. The van der Waals surface area contributed by atoms with Crippen LogP contribution in [0.1, 0.15) is 68.9 Å². The molecule has 4 aromatic rings. The van der Waals surface area contributed by atoms with Crippen LogP contribution in [0, 0.1) is 6.92 Å². The van der Waals surface area contributed by atoms with E-state index >= 15 is 0 Å². The fraction of sp³-hybridized carbons (Fsp3) is 0.433. The van der Waals surface area contributed by atoms with Crippen molar-refractivity contribution in [3.63, 3.8) is 0 Å². The molecule has 216 valence electrons. The third-order valence-electron chi connectivity index (χ3n) is 7.67. The third-order valence-corrected chi connectivity index (χ3v) is 11.2. The van der Waals surface area contributed by atoms with Gasteiger partial charge >= 0.3 is 6.09 Å². The molecule has 0 radical (unpaired) electrons.